The lowest BCUT2D eigenvalue weighted by atomic mass is 9.91. The molecule has 1 amide bonds. The number of fused-ring (bicyclic) bond motifs is 1. The molecular weight excluding hydrogens is 687 g/mol. The summed E-state index contributed by atoms with van der Waals surface area (Å²) in [4.78, 5) is 30.5. The van der Waals surface area contributed by atoms with E-state index < -0.39 is 29.3 Å². The number of aliphatic imine (C=N–C) groups is 1. The van der Waals surface area contributed by atoms with E-state index in [0.29, 0.717) is 48.3 Å². The van der Waals surface area contributed by atoms with E-state index in [1.165, 1.54) is 38.6 Å². The van der Waals surface area contributed by atoms with Gasteiger partial charge in [-0.05, 0) is 49.0 Å². The quantitative estimate of drug-likeness (QED) is 0.0716. The van der Waals surface area contributed by atoms with Crippen LogP contribution in [0, 0.1) is 11.6 Å². The van der Waals surface area contributed by atoms with Crippen LogP contribution in [-0.2, 0) is 4.79 Å². The Labute approximate surface area is 299 Å². The first-order valence-corrected chi connectivity index (χ1v) is 16.2. The first-order valence-electron chi connectivity index (χ1n) is 15.8. The molecule has 0 spiro atoms. The first kappa shape index (κ1) is 38.7. The highest BCUT2D eigenvalue weighted by atomic mass is 35.5. The molecule has 6 rings (SSSR count). The second kappa shape index (κ2) is 16.7. The van der Waals surface area contributed by atoms with Gasteiger partial charge in [0.1, 0.15) is 41.4 Å². The van der Waals surface area contributed by atoms with Gasteiger partial charge in [-0.25, -0.2) is 18.2 Å². The number of methoxy groups -OCH3 is 2. The molecule has 0 radical (unpaired) electrons. The number of hydrogen-bond acceptors (Lipinski definition) is 9. The number of anilines is 1. The molecule has 1 fully saturated rings. The molecule has 1 aliphatic heterocycles. The molecule has 2 aliphatic rings. The van der Waals surface area contributed by atoms with Gasteiger partial charge >= 0.3 is 0 Å². The van der Waals surface area contributed by atoms with Crippen molar-refractivity contribution >= 4 is 36.2 Å². The van der Waals surface area contributed by atoms with Gasteiger partial charge < -0.3 is 35.8 Å². The van der Waals surface area contributed by atoms with Crippen LogP contribution < -0.4 is 31.0 Å². The monoisotopic (exact) mass is 725 g/mol. The van der Waals surface area contributed by atoms with Crippen molar-refractivity contribution in [2.75, 3.05) is 40.2 Å². The summed E-state index contributed by atoms with van der Waals surface area (Å²) in [7, 11) is 4.47. The Balaban J connectivity index is 0.00000141. The molecule has 0 bridgehead atoms. The molecule has 0 saturated heterocycles. The van der Waals surface area contributed by atoms with Gasteiger partial charge in [-0.2, -0.15) is 0 Å². The number of alkyl halides is 1. The SMILES string of the molecule is C=O.CN.COc1cccc(C(CNC(=O)c2cc(/C=N/C3(F)CC3)c(N)c(OC)c2)c2cc3c(c(-c4cc(Cl)c(F)cc4F)n2)OCC3C)c1. The number of nitrogens with one attached hydrogen (secondary N) is 1. The van der Waals surface area contributed by atoms with Crippen LogP contribution in [0.4, 0.5) is 18.9 Å². The van der Waals surface area contributed by atoms with E-state index in [1.807, 2.05) is 38.0 Å². The predicted octanol–water partition coefficient (Wildman–Crippen LogP) is 6.61. The van der Waals surface area contributed by atoms with E-state index in [1.54, 1.807) is 13.2 Å². The summed E-state index contributed by atoms with van der Waals surface area (Å²) in [6.07, 6.45) is 1.98. The van der Waals surface area contributed by atoms with E-state index in [2.05, 4.69) is 16.0 Å². The van der Waals surface area contributed by atoms with E-state index >= 15 is 4.39 Å². The van der Waals surface area contributed by atoms with Crippen molar-refractivity contribution in [2.45, 2.75) is 37.4 Å². The molecule has 5 N–H and O–H groups in total. The number of nitrogens with two attached hydrogens (primary N) is 2. The van der Waals surface area contributed by atoms with Crippen molar-refractivity contribution < 1.29 is 37.0 Å². The van der Waals surface area contributed by atoms with Crippen LogP contribution >= 0.6 is 11.6 Å². The van der Waals surface area contributed by atoms with Gasteiger partial charge in [0.05, 0.1) is 37.2 Å². The predicted molar refractivity (Wildman–Crippen MR) is 191 cm³/mol. The van der Waals surface area contributed by atoms with Crippen molar-refractivity contribution in [2.24, 2.45) is 10.7 Å². The summed E-state index contributed by atoms with van der Waals surface area (Å²) in [6, 6.07) is 14.1. The number of aromatic nitrogens is 1. The number of nitrogen functional groups attached to an aromatic ring is 1. The van der Waals surface area contributed by atoms with Crippen LogP contribution in [0.5, 0.6) is 17.2 Å². The third-order valence-electron chi connectivity index (χ3n) is 8.37. The molecule has 51 heavy (non-hydrogen) atoms. The van der Waals surface area contributed by atoms with E-state index in [-0.39, 0.29) is 45.7 Å². The third-order valence-corrected chi connectivity index (χ3v) is 8.66. The molecule has 2 atom stereocenters. The number of pyridine rings is 1. The number of ether oxygens (including phenoxy) is 3. The fraction of sp³-hybridized carbons (Fsp3) is 0.297. The summed E-state index contributed by atoms with van der Waals surface area (Å²) in [6.45, 7) is 4.38. The average Bonchev–Trinajstić information content (AvgIpc) is 3.78. The largest absolute Gasteiger partial charge is 0.497 e. The zero-order valence-corrected chi connectivity index (χ0v) is 29.3. The van der Waals surface area contributed by atoms with Crippen molar-refractivity contribution in [3.8, 4) is 28.5 Å². The third kappa shape index (κ3) is 8.61. The summed E-state index contributed by atoms with van der Waals surface area (Å²) in [5, 5.41) is 2.71. The summed E-state index contributed by atoms with van der Waals surface area (Å²) in [5.74, 6) is -3.18. The molecule has 4 aromatic rings. The Hall–Kier alpha value is -5.14. The zero-order valence-electron chi connectivity index (χ0n) is 28.6. The normalized spacial score (nSPS) is 15.7. The summed E-state index contributed by atoms with van der Waals surface area (Å²) < 4.78 is 60.3. The molecular formula is C37H39ClF3N5O5. The smallest absolute Gasteiger partial charge is 0.251 e. The molecule has 2 unspecified atom stereocenters. The van der Waals surface area contributed by atoms with Crippen molar-refractivity contribution in [3.63, 3.8) is 0 Å². The van der Waals surface area contributed by atoms with Gasteiger partial charge in [0, 0.05) is 65.8 Å². The Morgan fingerprint density at radius 1 is 1.14 bits per heavy atom. The topological polar surface area (TPSA) is 151 Å². The van der Waals surface area contributed by atoms with Crippen molar-refractivity contribution in [1.29, 1.82) is 0 Å². The number of amides is 1. The van der Waals surface area contributed by atoms with Gasteiger partial charge in [-0.15, -0.1) is 0 Å². The van der Waals surface area contributed by atoms with E-state index in [0.717, 1.165) is 11.1 Å². The van der Waals surface area contributed by atoms with Crippen molar-refractivity contribution in [1.82, 2.24) is 10.3 Å². The minimum absolute atomic E-state index is 0.0125. The molecule has 10 nitrogen and oxygen atoms in total. The van der Waals surface area contributed by atoms with Crippen LogP contribution in [0.25, 0.3) is 11.3 Å². The van der Waals surface area contributed by atoms with Crippen LogP contribution in [0.1, 0.15) is 64.3 Å². The fourth-order valence-corrected chi connectivity index (χ4v) is 5.64. The highest BCUT2D eigenvalue weighted by molar-refractivity contribution is 6.31. The Morgan fingerprint density at radius 2 is 1.86 bits per heavy atom. The standard InChI is InChI=1S/C35H32ClF3N4O4.CH5N.CH2O/c1-18-17-47-33-23(18)13-29(43-32(33)24-12-26(36)28(38)14-27(24)37)25(19-5-4-6-22(10-19)45-2)16-41-34(44)20-9-21(15-42-35(39)7-8-35)31(40)30(11-20)46-3;2*1-2/h4-6,9-15,18,25H,7-8,16-17,40H2,1-3H3,(H,41,44);2H2,1H3;1H2/b42-15+;;. The minimum atomic E-state index is -1.60. The molecule has 2 heterocycles. The number of rotatable bonds is 10. The molecule has 1 aliphatic carbocycles. The molecule has 14 heteroatoms. The van der Waals surface area contributed by atoms with Crippen LogP contribution in [0.2, 0.25) is 5.02 Å². The van der Waals surface area contributed by atoms with Crippen LogP contribution in [0.3, 0.4) is 0 Å². The maximum atomic E-state index is 15.2. The van der Waals surface area contributed by atoms with Gasteiger partial charge in [-0.1, -0.05) is 30.7 Å². The molecule has 3 aromatic carbocycles. The highest BCUT2D eigenvalue weighted by Gasteiger charge is 2.42. The fourth-order valence-electron chi connectivity index (χ4n) is 5.48. The maximum absolute atomic E-state index is 15.2. The van der Waals surface area contributed by atoms with Gasteiger partial charge in [0.25, 0.3) is 5.91 Å². The lowest BCUT2D eigenvalue weighted by molar-refractivity contribution is -0.0980. The summed E-state index contributed by atoms with van der Waals surface area (Å²) >= 11 is 6.06. The van der Waals surface area contributed by atoms with Crippen molar-refractivity contribution in [3.05, 3.63) is 99.2 Å². The molecule has 1 aromatic heterocycles. The Morgan fingerprint density at radius 3 is 2.53 bits per heavy atom. The second-order valence-corrected chi connectivity index (χ2v) is 12.1. The van der Waals surface area contributed by atoms with Gasteiger partial charge in [0.15, 0.2) is 5.79 Å². The minimum Gasteiger partial charge on any atom is -0.497 e. The van der Waals surface area contributed by atoms with Gasteiger partial charge in [0.2, 0.25) is 0 Å². The Kier molecular flexibility index (Phi) is 12.7. The average molecular weight is 726 g/mol. The van der Waals surface area contributed by atoms with Crippen LogP contribution in [-0.4, -0.2) is 64.1 Å². The first-order chi connectivity index (χ1) is 24.5. The molecule has 270 valence electrons. The van der Waals surface area contributed by atoms with E-state index in [4.69, 9.17) is 41.3 Å². The molecule has 1 saturated carbocycles. The number of hydrogen-bond donors (Lipinski definition) is 3. The number of benzene rings is 3. The lowest BCUT2D eigenvalue weighted by Crippen LogP contribution is -2.29. The van der Waals surface area contributed by atoms with E-state index in [9.17, 15) is 13.6 Å². The number of carbonyl (C=O) groups excluding carboxylic acids is 2. The van der Waals surface area contributed by atoms with Gasteiger partial charge in [-0.3, -0.25) is 9.79 Å². The number of halogens is 4. The summed E-state index contributed by atoms with van der Waals surface area (Å²) in [5.41, 5.74) is 13.7. The maximum Gasteiger partial charge on any atom is 0.251 e. The Bertz CT molecular complexity index is 1920. The highest BCUT2D eigenvalue weighted by Crippen LogP contribution is 2.44. The zero-order chi connectivity index (χ0) is 37.5. The lowest BCUT2D eigenvalue weighted by Gasteiger charge is -2.21. The number of carbonyl (C=O) groups is 2. The number of nitrogens with zero attached hydrogens (tertiary/aromatic N) is 2. The second-order valence-electron chi connectivity index (χ2n) is 11.7. The van der Waals surface area contributed by atoms with Crippen LogP contribution in [0.15, 0.2) is 59.6 Å².